The normalized spacial score (nSPS) is 13.9. The van der Waals surface area contributed by atoms with Crippen LogP contribution >= 0.6 is 0 Å². The Hall–Kier alpha value is -2.49. The molecule has 21 heavy (non-hydrogen) atoms. The van der Waals surface area contributed by atoms with Gasteiger partial charge in [0.25, 0.3) is 5.91 Å². The lowest BCUT2D eigenvalue weighted by atomic mass is 9.96. The van der Waals surface area contributed by atoms with E-state index in [0.29, 0.717) is 5.56 Å². The van der Waals surface area contributed by atoms with Crippen LogP contribution in [0.15, 0.2) is 36.4 Å². The molecule has 1 aliphatic rings. The molecule has 4 nitrogen and oxygen atoms in total. The number of fused-ring (bicyclic) bond motifs is 1. The summed E-state index contributed by atoms with van der Waals surface area (Å²) in [6.45, 7) is 3.61. The molecular weight excluding hydrogens is 262 g/mol. The van der Waals surface area contributed by atoms with Crippen molar-refractivity contribution in [1.29, 1.82) is 0 Å². The first-order chi connectivity index (χ1) is 10.1. The molecule has 0 saturated carbocycles. The van der Waals surface area contributed by atoms with Crippen LogP contribution in [0.5, 0.6) is 0 Å². The zero-order valence-corrected chi connectivity index (χ0v) is 12.1. The number of nitrogens with two attached hydrogens (primary N) is 2. The first-order valence-electron chi connectivity index (χ1n) is 7.08. The van der Waals surface area contributed by atoms with E-state index >= 15 is 0 Å². The summed E-state index contributed by atoms with van der Waals surface area (Å²) >= 11 is 0. The van der Waals surface area contributed by atoms with Crippen molar-refractivity contribution < 1.29 is 4.79 Å². The Kier molecular flexibility index (Phi) is 3.29. The highest BCUT2D eigenvalue weighted by atomic mass is 16.1. The van der Waals surface area contributed by atoms with Gasteiger partial charge >= 0.3 is 0 Å². The van der Waals surface area contributed by atoms with Crippen LogP contribution < -0.4 is 16.4 Å². The highest BCUT2D eigenvalue weighted by molar-refractivity contribution is 5.98. The Morgan fingerprint density at radius 1 is 1.24 bits per heavy atom. The summed E-state index contributed by atoms with van der Waals surface area (Å²) in [6.07, 6.45) is 0.883. The van der Waals surface area contributed by atoms with Gasteiger partial charge < -0.3 is 16.4 Å². The predicted molar refractivity (Wildman–Crippen MR) is 85.3 cm³/mol. The fourth-order valence-corrected chi connectivity index (χ4v) is 2.96. The van der Waals surface area contributed by atoms with Gasteiger partial charge in [-0.05, 0) is 48.2 Å². The number of aryl methyl sites for hydroxylation is 1. The molecule has 1 amide bonds. The van der Waals surface area contributed by atoms with Crippen LogP contribution in [0.25, 0.3) is 0 Å². The number of anilines is 2. The molecule has 0 unspecified atom stereocenters. The number of benzene rings is 2. The number of hydrogen-bond donors (Lipinski definition) is 2. The third-order valence-corrected chi connectivity index (χ3v) is 4.06. The van der Waals surface area contributed by atoms with Gasteiger partial charge in [-0.1, -0.05) is 18.2 Å². The van der Waals surface area contributed by atoms with Gasteiger partial charge in [-0.15, -0.1) is 0 Å². The summed E-state index contributed by atoms with van der Waals surface area (Å²) in [7, 11) is 0. The number of carbonyl (C=O) groups is 1. The zero-order valence-electron chi connectivity index (χ0n) is 12.1. The van der Waals surface area contributed by atoms with Gasteiger partial charge in [0.15, 0.2) is 0 Å². The van der Waals surface area contributed by atoms with Gasteiger partial charge in [0.1, 0.15) is 0 Å². The number of nitrogens with zero attached hydrogens (tertiary/aromatic N) is 1. The molecule has 0 radical (unpaired) electrons. The molecule has 108 valence electrons. The average Bonchev–Trinajstić information content (AvgIpc) is 2.46. The van der Waals surface area contributed by atoms with Crippen LogP contribution in [-0.2, 0) is 13.0 Å². The lowest BCUT2D eigenvalue weighted by Gasteiger charge is -2.32. The second-order valence-electron chi connectivity index (χ2n) is 5.54. The molecule has 1 heterocycles. The summed E-state index contributed by atoms with van der Waals surface area (Å²) in [6, 6.07) is 11.8. The molecule has 3 rings (SSSR count). The Morgan fingerprint density at radius 2 is 2.05 bits per heavy atom. The fraction of sp³-hybridized carbons (Fsp3) is 0.235. The second kappa shape index (κ2) is 5.13. The Balaban J connectivity index is 2.00. The summed E-state index contributed by atoms with van der Waals surface area (Å²) in [5.74, 6) is -0.386. The Bertz CT molecular complexity index is 709. The lowest BCUT2D eigenvalue weighted by molar-refractivity contribution is 0.100. The third-order valence-electron chi connectivity index (χ3n) is 4.06. The van der Waals surface area contributed by atoms with Gasteiger partial charge in [0.2, 0.25) is 0 Å². The minimum Gasteiger partial charge on any atom is -0.398 e. The van der Waals surface area contributed by atoms with Crippen molar-refractivity contribution in [1.82, 2.24) is 0 Å². The van der Waals surface area contributed by atoms with Crippen molar-refractivity contribution in [2.24, 2.45) is 5.73 Å². The van der Waals surface area contributed by atoms with E-state index in [4.69, 9.17) is 11.5 Å². The molecule has 0 bridgehead atoms. The summed E-state index contributed by atoms with van der Waals surface area (Å²) in [4.78, 5) is 13.9. The lowest BCUT2D eigenvalue weighted by Crippen LogP contribution is -2.32. The topological polar surface area (TPSA) is 72.4 Å². The molecular formula is C17H19N3O. The largest absolute Gasteiger partial charge is 0.398 e. The number of nitrogen functional groups attached to an aromatic ring is 1. The molecule has 2 aromatic carbocycles. The van der Waals surface area contributed by atoms with Gasteiger partial charge in [-0.2, -0.15) is 0 Å². The molecule has 4 N–H and O–H groups in total. The fourth-order valence-electron chi connectivity index (χ4n) is 2.96. The quantitative estimate of drug-likeness (QED) is 0.829. The Labute approximate surface area is 124 Å². The predicted octanol–water partition coefficient (Wildman–Crippen LogP) is 2.24. The minimum absolute atomic E-state index is 0.386. The highest BCUT2D eigenvalue weighted by Crippen LogP contribution is 2.30. The SMILES string of the molecule is Cc1ccc(C(N)=O)c(N2CCc3c(N)cccc3C2)c1. The van der Waals surface area contributed by atoms with E-state index in [1.54, 1.807) is 0 Å². The average molecular weight is 281 g/mol. The maximum Gasteiger partial charge on any atom is 0.250 e. The van der Waals surface area contributed by atoms with E-state index in [0.717, 1.165) is 36.4 Å². The van der Waals surface area contributed by atoms with Crippen molar-refractivity contribution in [3.63, 3.8) is 0 Å². The number of amides is 1. The van der Waals surface area contributed by atoms with Crippen molar-refractivity contribution in [2.45, 2.75) is 19.9 Å². The number of rotatable bonds is 2. The first-order valence-corrected chi connectivity index (χ1v) is 7.08. The van der Waals surface area contributed by atoms with Gasteiger partial charge in [0.05, 0.1) is 11.3 Å². The van der Waals surface area contributed by atoms with Gasteiger partial charge in [-0.25, -0.2) is 0 Å². The number of carbonyl (C=O) groups excluding carboxylic acids is 1. The Morgan fingerprint density at radius 3 is 2.81 bits per heavy atom. The summed E-state index contributed by atoms with van der Waals surface area (Å²) < 4.78 is 0. The standard InChI is InChI=1S/C17H19N3O/c1-11-5-6-14(17(19)21)16(9-11)20-8-7-13-12(10-20)3-2-4-15(13)18/h2-6,9H,7-8,10,18H2,1H3,(H2,19,21). The van der Waals surface area contributed by atoms with E-state index in [-0.39, 0.29) is 5.91 Å². The van der Waals surface area contributed by atoms with Gasteiger partial charge in [-0.3, -0.25) is 4.79 Å². The molecule has 1 aliphatic heterocycles. The van der Waals surface area contributed by atoms with E-state index in [1.165, 1.54) is 11.1 Å². The summed E-state index contributed by atoms with van der Waals surface area (Å²) in [5.41, 5.74) is 17.4. The van der Waals surface area contributed by atoms with E-state index in [2.05, 4.69) is 11.0 Å². The monoisotopic (exact) mass is 281 g/mol. The molecule has 0 atom stereocenters. The molecule has 2 aromatic rings. The third kappa shape index (κ3) is 2.44. The van der Waals surface area contributed by atoms with E-state index in [9.17, 15) is 4.79 Å². The molecule has 0 spiro atoms. The molecule has 0 aliphatic carbocycles. The van der Waals surface area contributed by atoms with Crippen molar-refractivity contribution in [3.8, 4) is 0 Å². The molecule has 0 saturated heterocycles. The summed E-state index contributed by atoms with van der Waals surface area (Å²) in [5, 5.41) is 0. The van der Waals surface area contributed by atoms with Crippen molar-refractivity contribution >= 4 is 17.3 Å². The number of hydrogen-bond acceptors (Lipinski definition) is 3. The molecule has 0 aromatic heterocycles. The number of primary amides is 1. The van der Waals surface area contributed by atoms with Crippen LogP contribution in [0.4, 0.5) is 11.4 Å². The zero-order chi connectivity index (χ0) is 15.0. The van der Waals surface area contributed by atoms with E-state index < -0.39 is 0 Å². The van der Waals surface area contributed by atoms with Crippen LogP contribution in [0.3, 0.4) is 0 Å². The van der Waals surface area contributed by atoms with Crippen molar-refractivity contribution in [3.05, 3.63) is 58.7 Å². The molecule has 0 fully saturated rings. The highest BCUT2D eigenvalue weighted by Gasteiger charge is 2.21. The smallest absolute Gasteiger partial charge is 0.250 e. The maximum atomic E-state index is 11.7. The van der Waals surface area contributed by atoms with E-state index in [1.807, 2.05) is 37.3 Å². The van der Waals surface area contributed by atoms with Crippen LogP contribution in [-0.4, -0.2) is 12.5 Å². The minimum atomic E-state index is -0.386. The molecule has 4 heteroatoms. The van der Waals surface area contributed by atoms with Crippen LogP contribution in [0, 0.1) is 6.92 Å². The first kappa shape index (κ1) is 13.5. The second-order valence-corrected chi connectivity index (χ2v) is 5.54. The van der Waals surface area contributed by atoms with Crippen LogP contribution in [0.1, 0.15) is 27.0 Å². The van der Waals surface area contributed by atoms with Crippen LogP contribution in [0.2, 0.25) is 0 Å². The van der Waals surface area contributed by atoms with Crippen molar-refractivity contribution in [2.75, 3.05) is 17.2 Å². The van der Waals surface area contributed by atoms with Gasteiger partial charge in [0, 0.05) is 18.8 Å². The maximum absolute atomic E-state index is 11.7.